The SMILES string of the molecule is CNC(=O)c1cccc(CNC(=O)/C=C/c2ccc(Br)s2)c1. The molecule has 2 amide bonds. The molecule has 1 aromatic heterocycles. The van der Waals surface area contributed by atoms with Crippen LogP contribution in [0.1, 0.15) is 20.8 Å². The summed E-state index contributed by atoms with van der Waals surface area (Å²) in [5.74, 6) is -0.314. The van der Waals surface area contributed by atoms with E-state index in [0.29, 0.717) is 12.1 Å². The monoisotopic (exact) mass is 378 g/mol. The summed E-state index contributed by atoms with van der Waals surface area (Å²) < 4.78 is 1.03. The van der Waals surface area contributed by atoms with Gasteiger partial charge in [-0.2, -0.15) is 0 Å². The molecule has 0 aliphatic carbocycles. The molecule has 0 saturated heterocycles. The minimum absolute atomic E-state index is 0.142. The van der Waals surface area contributed by atoms with Gasteiger partial charge in [-0.3, -0.25) is 9.59 Å². The van der Waals surface area contributed by atoms with Gasteiger partial charge in [0.15, 0.2) is 0 Å². The number of amides is 2. The molecule has 0 aliphatic heterocycles. The summed E-state index contributed by atoms with van der Waals surface area (Å²) in [5, 5.41) is 5.37. The van der Waals surface area contributed by atoms with Gasteiger partial charge in [-0.05, 0) is 51.8 Å². The highest BCUT2D eigenvalue weighted by molar-refractivity contribution is 9.11. The zero-order valence-electron chi connectivity index (χ0n) is 11.9. The number of benzene rings is 1. The minimum Gasteiger partial charge on any atom is -0.355 e. The molecule has 1 heterocycles. The number of thiophene rings is 1. The zero-order valence-corrected chi connectivity index (χ0v) is 14.3. The van der Waals surface area contributed by atoms with Crippen molar-refractivity contribution in [1.29, 1.82) is 0 Å². The van der Waals surface area contributed by atoms with Crippen LogP contribution in [0.15, 0.2) is 46.3 Å². The third kappa shape index (κ3) is 4.82. The number of hydrogen-bond acceptors (Lipinski definition) is 3. The van der Waals surface area contributed by atoms with Gasteiger partial charge in [-0.25, -0.2) is 0 Å². The molecular formula is C16H15BrN2O2S. The Bertz CT molecular complexity index is 710. The molecule has 0 unspecified atom stereocenters. The highest BCUT2D eigenvalue weighted by Gasteiger charge is 2.04. The largest absolute Gasteiger partial charge is 0.355 e. The van der Waals surface area contributed by atoms with Crippen LogP contribution in [0.3, 0.4) is 0 Å². The first-order valence-electron chi connectivity index (χ1n) is 6.61. The van der Waals surface area contributed by atoms with Crippen LogP contribution >= 0.6 is 27.3 Å². The van der Waals surface area contributed by atoms with E-state index in [1.807, 2.05) is 18.2 Å². The number of carbonyl (C=O) groups is 2. The van der Waals surface area contributed by atoms with Crippen LogP contribution in [0.25, 0.3) is 6.08 Å². The Morgan fingerprint density at radius 3 is 2.77 bits per heavy atom. The Hall–Kier alpha value is -1.92. The van der Waals surface area contributed by atoms with E-state index >= 15 is 0 Å². The lowest BCUT2D eigenvalue weighted by Gasteiger charge is -2.05. The van der Waals surface area contributed by atoms with E-state index in [9.17, 15) is 9.59 Å². The second kappa shape index (κ2) is 7.91. The first-order valence-corrected chi connectivity index (χ1v) is 8.21. The fourth-order valence-electron chi connectivity index (χ4n) is 1.79. The molecule has 0 radical (unpaired) electrons. The predicted molar refractivity (Wildman–Crippen MR) is 92.7 cm³/mol. The molecule has 114 valence electrons. The van der Waals surface area contributed by atoms with Crippen LogP contribution < -0.4 is 10.6 Å². The van der Waals surface area contributed by atoms with Gasteiger partial charge in [-0.15, -0.1) is 11.3 Å². The third-order valence-corrected chi connectivity index (χ3v) is 4.46. The van der Waals surface area contributed by atoms with Crippen LogP contribution in [0.5, 0.6) is 0 Å². The fourth-order valence-corrected chi connectivity index (χ4v) is 3.12. The predicted octanol–water partition coefficient (Wildman–Crippen LogP) is 3.20. The standard InChI is InChI=1S/C16H15BrN2O2S/c1-18-16(21)12-4-2-3-11(9-12)10-19-15(20)8-6-13-5-7-14(17)22-13/h2-9H,10H2,1H3,(H,18,21)(H,19,20)/b8-6+. The lowest BCUT2D eigenvalue weighted by atomic mass is 10.1. The Labute approximate surface area is 141 Å². The summed E-state index contributed by atoms with van der Waals surface area (Å²) in [6.45, 7) is 0.377. The molecule has 4 nitrogen and oxygen atoms in total. The molecule has 0 bridgehead atoms. The first kappa shape index (κ1) is 16.5. The van der Waals surface area contributed by atoms with Gasteiger partial charge in [0.05, 0.1) is 3.79 Å². The van der Waals surface area contributed by atoms with Gasteiger partial charge < -0.3 is 10.6 Å². The molecule has 2 aromatic rings. The van der Waals surface area contributed by atoms with Crippen LogP contribution in [0.4, 0.5) is 0 Å². The molecule has 0 atom stereocenters. The average Bonchev–Trinajstić information content (AvgIpc) is 2.96. The highest BCUT2D eigenvalue weighted by atomic mass is 79.9. The Balaban J connectivity index is 1.91. The lowest BCUT2D eigenvalue weighted by Crippen LogP contribution is -2.21. The first-order chi connectivity index (χ1) is 10.6. The maximum absolute atomic E-state index is 11.8. The lowest BCUT2D eigenvalue weighted by molar-refractivity contribution is -0.116. The highest BCUT2D eigenvalue weighted by Crippen LogP contribution is 2.22. The van der Waals surface area contributed by atoms with E-state index in [0.717, 1.165) is 14.2 Å². The van der Waals surface area contributed by atoms with Crippen molar-refractivity contribution in [2.75, 3.05) is 7.05 Å². The van der Waals surface area contributed by atoms with Crippen molar-refractivity contribution in [3.05, 3.63) is 62.3 Å². The van der Waals surface area contributed by atoms with Crippen LogP contribution in [0, 0.1) is 0 Å². The molecule has 0 aliphatic rings. The summed E-state index contributed by atoms with van der Waals surface area (Å²) in [6.07, 6.45) is 3.27. The molecule has 6 heteroatoms. The topological polar surface area (TPSA) is 58.2 Å². The van der Waals surface area contributed by atoms with Crippen LogP contribution in [-0.4, -0.2) is 18.9 Å². The van der Waals surface area contributed by atoms with E-state index in [-0.39, 0.29) is 11.8 Å². The van der Waals surface area contributed by atoms with Crippen LogP contribution in [-0.2, 0) is 11.3 Å². The molecule has 22 heavy (non-hydrogen) atoms. The van der Waals surface area contributed by atoms with Crippen molar-refractivity contribution in [3.8, 4) is 0 Å². The Morgan fingerprint density at radius 2 is 2.09 bits per heavy atom. The smallest absolute Gasteiger partial charge is 0.251 e. The number of hydrogen-bond donors (Lipinski definition) is 2. The van der Waals surface area contributed by atoms with E-state index < -0.39 is 0 Å². The van der Waals surface area contributed by atoms with Crippen molar-refractivity contribution >= 4 is 45.2 Å². The van der Waals surface area contributed by atoms with Gasteiger partial charge >= 0.3 is 0 Å². The van der Waals surface area contributed by atoms with E-state index in [1.165, 1.54) is 6.08 Å². The van der Waals surface area contributed by atoms with Gasteiger partial charge in [-0.1, -0.05) is 12.1 Å². The quantitative estimate of drug-likeness (QED) is 0.784. The van der Waals surface area contributed by atoms with Crippen molar-refractivity contribution in [2.24, 2.45) is 0 Å². The van der Waals surface area contributed by atoms with Gasteiger partial charge in [0.1, 0.15) is 0 Å². The molecule has 0 saturated carbocycles. The van der Waals surface area contributed by atoms with E-state index in [1.54, 1.807) is 42.7 Å². The second-order valence-electron chi connectivity index (χ2n) is 4.47. The van der Waals surface area contributed by atoms with Crippen LogP contribution in [0.2, 0.25) is 0 Å². The van der Waals surface area contributed by atoms with Crippen molar-refractivity contribution in [3.63, 3.8) is 0 Å². The summed E-state index contributed by atoms with van der Waals surface area (Å²) >= 11 is 4.93. The summed E-state index contributed by atoms with van der Waals surface area (Å²) in [7, 11) is 1.59. The maximum Gasteiger partial charge on any atom is 0.251 e. The minimum atomic E-state index is -0.171. The van der Waals surface area contributed by atoms with Gasteiger partial charge in [0.25, 0.3) is 5.91 Å². The van der Waals surface area contributed by atoms with Gasteiger partial charge in [0.2, 0.25) is 5.91 Å². The van der Waals surface area contributed by atoms with Gasteiger partial charge in [0, 0.05) is 30.1 Å². The van der Waals surface area contributed by atoms with Crippen molar-refractivity contribution in [2.45, 2.75) is 6.54 Å². The second-order valence-corrected chi connectivity index (χ2v) is 6.97. The zero-order chi connectivity index (χ0) is 15.9. The van der Waals surface area contributed by atoms with Crippen molar-refractivity contribution < 1.29 is 9.59 Å². The fraction of sp³-hybridized carbons (Fsp3) is 0.125. The molecule has 2 N–H and O–H groups in total. The number of nitrogens with one attached hydrogen (secondary N) is 2. The maximum atomic E-state index is 11.8. The van der Waals surface area contributed by atoms with E-state index in [2.05, 4.69) is 26.6 Å². The number of rotatable bonds is 5. The number of halogens is 1. The third-order valence-electron chi connectivity index (χ3n) is 2.88. The Kier molecular flexibility index (Phi) is 5.91. The van der Waals surface area contributed by atoms with Crippen molar-refractivity contribution in [1.82, 2.24) is 10.6 Å². The summed E-state index contributed by atoms with van der Waals surface area (Å²) in [6, 6.07) is 11.0. The summed E-state index contributed by atoms with van der Waals surface area (Å²) in [5.41, 5.74) is 1.45. The Morgan fingerprint density at radius 1 is 1.27 bits per heavy atom. The molecular weight excluding hydrogens is 364 g/mol. The molecule has 1 aromatic carbocycles. The van der Waals surface area contributed by atoms with E-state index in [4.69, 9.17) is 0 Å². The normalized spacial score (nSPS) is 10.6. The average molecular weight is 379 g/mol. The summed E-state index contributed by atoms with van der Waals surface area (Å²) in [4.78, 5) is 24.3. The molecule has 0 fully saturated rings. The molecule has 0 spiro atoms. The number of carbonyl (C=O) groups excluding carboxylic acids is 2. The molecule has 2 rings (SSSR count).